The smallest absolute Gasteiger partial charge is 0.365 e. The topological polar surface area (TPSA) is 114 Å². The quantitative estimate of drug-likeness (QED) is 0.724. The third kappa shape index (κ3) is 5.49. The van der Waals surface area contributed by atoms with Crippen LogP contribution in [-0.4, -0.2) is 52.0 Å². The molecule has 3 rings (SSSR count). The summed E-state index contributed by atoms with van der Waals surface area (Å²) < 4.78 is 40.1. The summed E-state index contributed by atoms with van der Waals surface area (Å²) in [5, 5.41) is 14.1. The number of carbonyl (C=O) groups excluding carboxylic acids is 2. The van der Waals surface area contributed by atoms with Crippen molar-refractivity contribution in [1.29, 1.82) is 5.26 Å². The minimum Gasteiger partial charge on any atom is -0.365 e. The predicted octanol–water partition coefficient (Wildman–Crippen LogP) is 3.46. The van der Waals surface area contributed by atoms with E-state index in [4.69, 9.17) is 5.26 Å². The van der Waals surface area contributed by atoms with Crippen molar-refractivity contribution in [1.82, 2.24) is 14.9 Å². The molecule has 1 aliphatic rings. The van der Waals surface area contributed by atoms with Gasteiger partial charge in [0, 0.05) is 44.0 Å². The maximum Gasteiger partial charge on any atom is 0.417 e. The number of hydrogen-bond acceptors (Lipinski definition) is 6. The molecule has 0 spiro atoms. The van der Waals surface area contributed by atoms with Crippen molar-refractivity contribution >= 4 is 29.4 Å². The molecule has 0 aliphatic carbocycles. The normalized spacial score (nSPS) is 18.5. The highest BCUT2D eigenvalue weighted by atomic mass is 19.4. The first-order valence-corrected chi connectivity index (χ1v) is 10.1. The van der Waals surface area contributed by atoms with E-state index in [2.05, 4.69) is 20.6 Å². The number of rotatable bonds is 3. The average Bonchev–Trinajstić information content (AvgIpc) is 2.73. The van der Waals surface area contributed by atoms with Gasteiger partial charge in [-0.1, -0.05) is 0 Å². The summed E-state index contributed by atoms with van der Waals surface area (Å²) in [6.07, 6.45) is -3.26. The molecule has 1 saturated heterocycles. The lowest BCUT2D eigenvalue weighted by molar-refractivity contribution is -0.137. The second-order valence-corrected chi connectivity index (χ2v) is 7.72. The van der Waals surface area contributed by atoms with E-state index in [1.807, 2.05) is 0 Å². The zero-order chi connectivity index (χ0) is 24.3. The van der Waals surface area contributed by atoms with Crippen molar-refractivity contribution < 1.29 is 22.8 Å². The average molecular weight is 461 g/mol. The second kappa shape index (κ2) is 9.32. The van der Waals surface area contributed by atoms with Crippen molar-refractivity contribution in [3.8, 4) is 6.07 Å². The van der Waals surface area contributed by atoms with E-state index in [9.17, 15) is 22.8 Å². The number of nitrogens with zero attached hydrogens (tertiary/aromatic N) is 5. The van der Waals surface area contributed by atoms with Crippen LogP contribution in [0.1, 0.15) is 31.9 Å². The van der Waals surface area contributed by atoms with Crippen LogP contribution >= 0.6 is 0 Å². The third-order valence-electron chi connectivity index (χ3n) is 5.19. The summed E-state index contributed by atoms with van der Waals surface area (Å²) in [5.74, 6) is -0.107. The van der Waals surface area contributed by atoms with Crippen molar-refractivity contribution in [2.75, 3.05) is 28.6 Å². The van der Waals surface area contributed by atoms with Crippen molar-refractivity contribution in [2.24, 2.45) is 0 Å². The lowest BCUT2D eigenvalue weighted by Crippen LogP contribution is -2.59. The lowest BCUT2D eigenvalue weighted by atomic mass is 10.0. The van der Waals surface area contributed by atoms with Gasteiger partial charge in [-0.25, -0.2) is 9.78 Å². The standard InChI is InChI=1S/C21H22F3N7O2/c1-12-11-31(20(33)29-18-6-7-26-19(28-18)27-14(3)32)13(2)10-30(12)16-5-4-15(9-25)17(8-16)21(22,23)24/h4-8,12-13H,10-11H2,1-3H3,(H2,26,27,28,29,32,33)/t12-,13+/m1/s1. The van der Waals surface area contributed by atoms with Crippen molar-refractivity contribution in [2.45, 2.75) is 39.0 Å². The number of halogens is 3. The van der Waals surface area contributed by atoms with Crippen LogP contribution in [-0.2, 0) is 11.0 Å². The number of aromatic nitrogens is 2. The molecule has 12 heteroatoms. The van der Waals surface area contributed by atoms with E-state index in [1.54, 1.807) is 29.7 Å². The Bertz CT molecular complexity index is 1100. The monoisotopic (exact) mass is 461 g/mol. The Morgan fingerprint density at radius 1 is 1.15 bits per heavy atom. The molecule has 1 aromatic carbocycles. The fourth-order valence-corrected chi connectivity index (χ4v) is 3.64. The highest BCUT2D eigenvalue weighted by Crippen LogP contribution is 2.35. The number of nitriles is 1. The van der Waals surface area contributed by atoms with E-state index < -0.39 is 23.3 Å². The molecule has 1 fully saturated rings. The fraction of sp³-hybridized carbons (Fsp3) is 0.381. The number of carbonyl (C=O) groups is 2. The molecule has 9 nitrogen and oxygen atoms in total. The lowest BCUT2D eigenvalue weighted by Gasteiger charge is -2.45. The van der Waals surface area contributed by atoms with Gasteiger partial charge in [-0.2, -0.15) is 23.4 Å². The molecule has 1 aliphatic heterocycles. The van der Waals surface area contributed by atoms with E-state index in [-0.39, 0.29) is 36.3 Å². The highest BCUT2D eigenvalue weighted by molar-refractivity contribution is 5.90. The molecule has 2 aromatic rings. The summed E-state index contributed by atoms with van der Waals surface area (Å²) in [5.41, 5.74) is -1.09. The Morgan fingerprint density at radius 3 is 2.52 bits per heavy atom. The molecule has 174 valence electrons. The molecule has 2 heterocycles. The zero-order valence-corrected chi connectivity index (χ0v) is 18.1. The molecule has 2 atom stereocenters. The van der Waals surface area contributed by atoms with Crippen LogP contribution in [0.3, 0.4) is 0 Å². The first-order chi connectivity index (χ1) is 15.5. The van der Waals surface area contributed by atoms with Gasteiger partial charge in [0.2, 0.25) is 11.9 Å². The van der Waals surface area contributed by atoms with E-state index in [0.717, 1.165) is 12.1 Å². The van der Waals surface area contributed by atoms with Crippen LogP contribution in [0.2, 0.25) is 0 Å². The molecule has 1 aromatic heterocycles. The van der Waals surface area contributed by atoms with Crippen LogP contribution in [0.25, 0.3) is 0 Å². The van der Waals surface area contributed by atoms with Gasteiger partial charge in [-0.05, 0) is 38.1 Å². The maximum absolute atomic E-state index is 13.4. The second-order valence-electron chi connectivity index (χ2n) is 7.72. The molecule has 0 saturated carbocycles. The molecular formula is C21H22F3N7O2. The van der Waals surface area contributed by atoms with Crippen LogP contribution < -0.4 is 15.5 Å². The highest BCUT2D eigenvalue weighted by Gasteiger charge is 2.36. The number of amides is 3. The van der Waals surface area contributed by atoms with Gasteiger partial charge in [0.1, 0.15) is 5.82 Å². The number of anilines is 3. The summed E-state index contributed by atoms with van der Waals surface area (Å²) in [6, 6.07) is 5.62. The molecule has 0 radical (unpaired) electrons. The van der Waals surface area contributed by atoms with Gasteiger partial charge >= 0.3 is 12.2 Å². The SMILES string of the molecule is CC(=O)Nc1nccc(NC(=O)N2C[C@@H](C)N(c3ccc(C#N)c(C(F)(F)F)c3)C[C@@H]2C)n1. The molecule has 0 bridgehead atoms. The Balaban J connectivity index is 1.75. The van der Waals surface area contributed by atoms with Gasteiger partial charge in [-0.15, -0.1) is 0 Å². The Labute approximate surface area is 188 Å². The number of alkyl halides is 3. The predicted molar refractivity (Wildman–Crippen MR) is 114 cm³/mol. The number of urea groups is 1. The number of hydrogen-bond donors (Lipinski definition) is 2. The number of piperazine rings is 1. The fourth-order valence-electron chi connectivity index (χ4n) is 3.64. The van der Waals surface area contributed by atoms with Gasteiger partial charge < -0.3 is 9.80 Å². The largest absolute Gasteiger partial charge is 0.417 e. The molecule has 3 amide bonds. The van der Waals surface area contributed by atoms with E-state index >= 15 is 0 Å². The molecular weight excluding hydrogens is 439 g/mol. The van der Waals surface area contributed by atoms with Crippen LogP contribution in [0.15, 0.2) is 30.5 Å². The Morgan fingerprint density at radius 2 is 1.88 bits per heavy atom. The molecule has 33 heavy (non-hydrogen) atoms. The molecule has 0 unspecified atom stereocenters. The summed E-state index contributed by atoms with van der Waals surface area (Å²) in [4.78, 5) is 35.3. The van der Waals surface area contributed by atoms with Crippen LogP contribution in [0.4, 0.5) is 35.4 Å². The number of nitrogens with one attached hydrogen (secondary N) is 2. The van der Waals surface area contributed by atoms with Crippen molar-refractivity contribution in [3.05, 3.63) is 41.6 Å². The van der Waals surface area contributed by atoms with E-state index in [1.165, 1.54) is 25.3 Å². The first kappa shape index (κ1) is 23.8. The van der Waals surface area contributed by atoms with Gasteiger partial charge in [0.15, 0.2) is 0 Å². The van der Waals surface area contributed by atoms with Crippen LogP contribution in [0.5, 0.6) is 0 Å². The molecule has 2 N–H and O–H groups in total. The van der Waals surface area contributed by atoms with Crippen LogP contribution in [0, 0.1) is 11.3 Å². The minimum atomic E-state index is -4.65. The number of benzene rings is 1. The summed E-state index contributed by atoms with van der Waals surface area (Å²) in [6.45, 7) is 5.44. The van der Waals surface area contributed by atoms with Gasteiger partial charge in [0.05, 0.1) is 17.2 Å². The maximum atomic E-state index is 13.4. The first-order valence-electron chi connectivity index (χ1n) is 10.1. The van der Waals surface area contributed by atoms with Gasteiger partial charge in [0.25, 0.3) is 0 Å². The zero-order valence-electron chi connectivity index (χ0n) is 18.1. The summed E-state index contributed by atoms with van der Waals surface area (Å²) in [7, 11) is 0. The third-order valence-corrected chi connectivity index (χ3v) is 5.19. The van der Waals surface area contributed by atoms with Crippen molar-refractivity contribution in [3.63, 3.8) is 0 Å². The van der Waals surface area contributed by atoms with Gasteiger partial charge in [-0.3, -0.25) is 15.4 Å². The minimum absolute atomic E-state index is 0.0489. The Kier molecular flexibility index (Phi) is 6.71. The Hall–Kier alpha value is -3.88. The summed E-state index contributed by atoms with van der Waals surface area (Å²) >= 11 is 0. The van der Waals surface area contributed by atoms with E-state index in [0.29, 0.717) is 12.2 Å².